The number of aromatic amines is 1. The molecule has 0 atom stereocenters. The van der Waals surface area contributed by atoms with Crippen molar-refractivity contribution in [2.24, 2.45) is 7.05 Å². The van der Waals surface area contributed by atoms with Crippen LogP contribution in [0.2, 0.25) is 0 Å². The first-order valence-corrected chi connectivity index (χ1v) is 8.55. The third kappa shape index (κ3) is 2.99. The van der Waals surface area contributed by atoms with Crippen LogP contribution in [0.5, 0.6) is 0 Å². The van der Waals surface area contributed by atoms with Crippen molar-refractivity contribution in [3.63, 3.8) is 0 Å². The van der Waals surface area contributed by atoms with Gasteiger partial charge >= 0.3 is 0 Å². The second kappa shape index (κ2) is 6.24. The minimum Gasteiger partial charge on any atom is -0.351 e. The lowest BCUT2D eigenvalue weighted by molar-refractivity contribution is -0.120. The predicted molar refractivity (Wildman–Crippen MR) is 95.4 cm³/mol. The molecule has 3 heterocycles. The Morgan fingerprint density at radius 1 is 1.33 bits per heavy atom. The summed E-state index contributed by atoms with van der Waals surface area (Å²) in [4.78, 5) is 31.3. The third-order valence-electron chi connectivity index (χ3n) is 4.17. The summed E-state index contributed by atoms with van der Waals surface area (Å²) in [6, 6.07) is 4.06. The Balaban J connectivity index is 1.82. The number of aromatic nitrogens is 3. The fourth-order valence-electron chi connectivity index (χ4n) is 2.86. The predicted octanol–water partition coefficient (Wildman–Crippen LogP) is 2.11. The fraction of sp³-hybridized carbons (Fsp3) is 0.353. The van der Waals surface area contributed by atoms with Gasteiger partial charge in [0.1, 0.15) is 0 Å². The van der Waals surface area contributed by atoms with E-state index in [-0.39, 0.29) is 17.9 Å². The zero-order chi connectivity index (χ0) is 17.4. The fourth-order valence-corrected chi connectivity index (χ4v) is 3.69. The van der Waals surface area contributed by atoms with Crippen LogP contribution in [0, 0.1) is 20.8 Å². The average Bonchev–Trinajstić information content (AvgIpc) is 3.05. The van der Waals surface area contributed by atoms with Crippen molar-refractivity contribution < 1.29 is 4.79 Å². The van der Waals surface area contributed by atoms with E-state index < -0.39 is 0 Å². The lowest BCUT2D eigenvalue weighted by Gasteiger charge is -2.10. The smallest absolute Gasteiger partial charge is 0.276 e. The van der Waals surface area contributed by atoms with Gasteiger partial charge < -0.3 is 5.32 Å². The highest BCUT2D eigenvalue weighted by Gasteiger charge is 2.17. The largest absolute Gasteiger partial charge is 0.351 e. The van der Waals surface area contributed by atoms with Gasteiger partial charge in [-0.25, -0.2) is 4.98 Å². The van der Waals surface area contributed by atoms with Gasteiger partial charge in [0.2, 0.25) is 5.91 Å². The van der Waals surface area contributed by atoms with E-state index in [1.807, 2.05) is 32.9 Å². The summed E-state index contributed by atoms with van der Waals surface area (Å²) in [6.45, 7) is 6.30. The van der Waals surface area contributed by atoms with E-state index in [1.54, 1.807) is 18.4 Å². The molecule has 0 bridgehead atoms. The molecule has 0 aliphatic carbocycles. The van der Waals surface area contributed by atoms with Crippen molar-refractivity contribution in [2.45, 2.75) is 33.7 Å². The zero-order valence-electron chi connectivity index (χ0n) is 14.2. The molecule has 0 saturated heterocycles. The van der Waals surface area contributed by atoms with Gasteiger partial charge in [-0.05, 0) is 44.0 Å². The minimum atomic E-state index is -0.120. The molecular weight excluding hydrogens is 324 g/mol. The molecule has 2 N–H and O–H groups in total. The first kappa shape index (κ1) is 16.4. The summed E-state index contributed by atoms with van der Waals surface area (Å²) >= 11 is 1.67. The molecule has 7 heteroatoms. The van der Waals surface area contributed by atoms with Crippen molar-refractivity contribution in [3.8, 4) is 0 Å². The molecule has 0 unspecified atom stereocenters. The Labute approximate surface area is 143 Å². The SMILES string of the molecule is Cc1ccc(CNC(=O)Cc2c(C)nc3[nH]n(C)c(=O)c3c2C)s1. The number of thiophene rings is 1. The van der Waals surface area contributed by atoms with Crippen LogP contribution in [0.25, 0.3) is 11.0 Å². The number of hydrogen-bond donors (Lipinski definition) is 2. The Hall–Kier alpha value is -2.41. The highest BCUT2D eigenvalue weighted by molar-refractivity contribution is 7.11. The molecular formula is C17H20N4O2S. The molecule has 126 valence electrons. The summed E-state index contributed by atoms with van der Waals surface area (Å²) in [6.07, 6.45) is 0.222. The highest BCUT2D eigenvalue weighted by Crippen LogP contribution is 2.20. The third-order valence-corrected chi connectivity index (χ3v) is 5.17. The number of rotatable bonds is 4. The molecule has 24 heavy (non-hydrogen) atoms. The van der Waals surface area contributed by atoms with Crippen molar-refractivity contribution >= 4 is 28.3 Å². The maximum atomic E-state index is 12.3. The van der Waals surface area contributed by atoms with Crippen LogP contribution < -0.4 is 10.9 Å². The van der Waals surface area contributed by atoms with Crippen LogP contribution in [0.1, 0.15) is 26.6 Å². The summed E-state index contributed by atoms with van der Waals surface area (Å²) in [5.74, 6) is -0.0687. The van der Waals surface area contributed by atoms with Gasteiger partial charge in [-0.15, -0.1) is 11.3 Å². The molecule has 0 fully saturated rings. The molecule has 0 radical (unpaired) electrons. The van der Waals surface area contributed by atoms with Gasteiger partial charge in [0.15, 0.2) is 5.65 Å². The topological polar surface area (TPSA) is 79.8 Å². The van der Waals surface area contributed by atoms with E-state index >= 15 is 0 Å². The van der Waals surface area contributed by atoms with Crippen LogP contribution >= 0.6 is 11.3 Å². The highest BCUT2D eigenvalue weighted by atomic mass is 32.1. The lowest BCUT2D eigenvalue weighted by Crippen LogP contribution is -2.25. The second-order valence-corrected chi connectivity index (χ2v) is 7.34. The van der Waals surface area contributed by atoms with Gasteiger partial charge in [0.25, 0.3) is 5.56 Å². The molecule has 0 aliphatic rings. The normalized spacial score (nSPS) is 11.2. The summed E-state index contributed by atoms with van der Waals surface area (Å²) in [5, 5.41) is 6.42. The minimum absolute atomic E-state index is 0.0687. The van der Waals surface area contributed by atoms with Crippen molar-refractivity contribution in [1.29, 1.82) is 0 Å². The zero-order valence-corrected chi connectivity index (χ0v) is 15.0. The first-order chi connectivity index (χ1) is 11.4. The number of carbonyl (C=O) groups is 1. The van der Waals surface area contributed by atoms with E-state index in [2.05, 4.69) is 15.4 Å². The number of amides is 1. The molecule has 0 aromatic carbocycles. The van der Waals surface area contributed by atoms with Crippen molar-refractivity contribution in [3.05, 3.63) is 49.1 Å². The van der Waals surface area contributed by atoms with Crippen molar-refractivity contribution in [1.82, 2.24) is 20.1 Å². The molecule has 1 amide bonds. The molecule has 6 nitrogen and oxygen atoms in total. The van der Waals surface area contributed by atoms with E-state index in [1.165, 1.54) is 9.56 Å². The molecule has 3 rings (SSSR count). The Morgan fingerprint density at radius 2 is 2.08 bits per heavy atom. The first-order valence-electron chi connectivity index (χ1n) is 7.73. The van der Waals surface area contributed by atoms with E-state index in [0.717, 1.165) is 21.7 Å². The van der Waals surface area contributed by atoms with Gasteiger partial charge in [-0.3, -0.25) is 19.4 Å². The van der Waals surface area contributed by atoms with Crippen LogP contribution in [0.3, 0.4) is 0 Å². The van der Waals surface area contributed by atoms with Crippen molar-refractivity contribution in [2.75, 3.05) is 0 Å². The number of pyridine rings is 1. The van der Waals surface area contributed by atoms with E-state index in [9.17, 15) is 9.59 Å². The number of aryl methyl sites for hydroxylation is 4. The second-order valence-electron chi connectivity index (χ2n) is 5.97. The standard InChI is InChI=1S/C17H20N4O2S/c1-9-5-6-12(24-9)8-18-14(22)7-13-10(2)15-16(19-11(13)3)20-21(4)17(15)23/h5-6H,7-8H2,1-4H3,(H,18,22)(H,19,20). The number of nitrogens with zero attached hydrogens (tertiary/aromatic N) is 2. The lowest BCUT2D eigenvalue weighted by atomic mass is 10.0. The monoisotopic (exact) mass is 344 g/mol. The van der Waals surface area contributed by atoms with Gasteiger partial charge in [0, 0.05) is 22.5 Å². The average molecular weight is 344 g/mol. The molecule has 3 aromatic heterocycles. The Bertz CT molecular complexity index is 981. The maximum Gasteiger partial charge on any atom is 0.276 e. The maximum absolute atomic E-state index is 12.3. The number of nitrogens with one attached hydrogen (secondary N) is 2. The van der Waals surface area contributed by atoms with Gasteiger partial charge in [-0.2, -0.15) is 0 Å². The van der Waals surface area contributed by atoms with Crippen LogP contribution in [-0.2, 0) is 24.8 Å². The molecule has 3 aromatic rings. The Kier molecular flexibility index (Phi) is 4.28. The number of carbonyl (C=O) groups excluding carboxylic acids is 1. The van der Waals surface area contributed by atoms with Crippen LogP contribution in [-0.4, -0.2) is 20.7 Å². The quantitative estimate of drug-likeness (QED) is 0.761. The Morgan fingerprint density at radius 3 is 2.75 bits per heavy atom. The number of hydrogen-bond acceptors (Lipinski definition) is 4. The van der Waals surface area contributed by atoms with E-state index in [4.69, 9.17) is 0 Å². The molecule has 0 spiro atoms. The summed E-state index contributed by atoms with van der Waals surface area (Å²) in [7, 11) is 1.66. The number of H-pyrrole nitrogens is 1. The number of fused-ring (bicyclic) bond motifs is 1. The van der Waals surface area contributed by atoms with Gasteiger partial charge in [0.05, 0.1) is 18.4 Å². The van der Waals surface area contributed by atoms with E-state index in [0.29, 0.717) is 17.6 Å². The summed E-state index contributed by atoms with van der Waals surface area (Å²) in [5.41, 5.74) is 2.85. The van der Waals surface area contributed by atoms with Gasteiger partial charge in [-0.1, -0.05) is 0 Å². The molecule has 0 aliphatic heterocycles. The van der Waals surface area contributed by atoms with Crippen LogP contribution in [0.4, 0.5) is 0 Å². The van der Waals surface area contributed by atoms with Crippen LogP contribution in [0.15, 0.2) is 16.9 Å². The molecule has 0 saturated carbocycles. The summed E-state index contributed by atoms with van der Waals surface area (Å²) < 4.78 is 1.41.